The van der Waals surface area contributed by atoms with Crippen LogP contribution >= 0.6 is 11.6 Å². The van der Waals surface area contributed by atoms with E-state index in [0.29, 0.717) is 54.4 Å². The molecule has 0 bridgehead atoms. The SMILES string of the molecule is Cn1nnc(-c2nc(-c3ccc(Cl)cc3)cc(N3CCN(S(C)(=O)=O)CC3)n2)n1. The molecular formula is C17H19ClN8O2S. The van der Waals surface area contributed by atoms with Gasteiger partial charge >= 0.3 is 0 Å². The van der Waals surface area contributed by atoms with Gasteiger partial charge in [-0.05, 0) is 17.3 Å². The van der Waals surface area contributed by atoms with Crippen molar-refractivity contribution in [3.63, 3.8) is 0 Å². The predicted octanol–water partition coefficient (Wildman–Crippen LogP) is 1.07. The van der Waals surface area contributed by atoms with E-state index < -0.39 is 10.0 Å². The maximum atomic E-state index is 11.8. The molecule has 1 saturated heterocycles. The van der Waals surface area contributed by atoms with Crippen molar-refractivity contribution >= 4 is 27.4 Å². The van der Waals surface area contributed by atoms with Crippen LogP contribution < -0.4 is 4.90 Å². The zero-order valence-corrected chi connectivity index (χ0v) is 17.5. The molecular weight excluding hydrogens is 416 g/mol. The van der Waals surface area contributed by atoms with Crippen LogP contribution in [0.2, 0.25) is 5.02 Å². The minimum Gasteiger partial charge on any atom is -0.354 e. The van der Waals surface area contributed by atoms with Crippen LogP contribution in [-0.4, -0.2) is 75.3 Å². The summed E-state index contributed by atoms with van der Waals surface area (Å²) in [4.78, 5) is 12.6. The fourth-order valence-corrected chi connectivity index (χ4v) is 4.04. The second-order valence-corrected chi connectivity index (χ2v) is 9.11. The van der Waals surface area contributed by atoms with Crippen molar-refractivity contribution in [3.8, 4) is 22.9 Å². The average molecular weight is 435 g/mol. The number of piperazine rings is 1. The van der Waals surface area contributed by atoms with E-state index in [1.54, 1.807) is 19.2 Å². The van der Waals surface area contributed by atoms with Crippen LogP contribution in [0.1, 0.15) is 0 Å². The van der Waals surface area contributed by atoms with Gasteiger partial charge in [-0.3, -0.25) is 0 Å². The summed E-state index contributed by atoms with van der Waals surface area (Å²) >= 11 is 6.01. The Morgan fingerprint density at radius 2 is 1.69 bits per heavy atom. The van der Waals surface area contributed by atoms with Gasteiger partial charge in [-0.15, -0.1) is 10.2 Å². The van der Waals surface area contributed by atoms with Crippen LogP contribution in [0.15, 0.2) is 30.3 Å². The normalized spacial score (nSPS) is 15.6. The Balaban J connectivity index is 1.71. The van der Waals surface area contributed by atoms with Gasteiger partial charge in [0.05, 0.1) is 19.0 Å². The van der Waals surface area contributed by atoms with Crippen molar-refractivity contribution in [2.75, 3.05) is 37.3 Å². The lowest BCUT2D eigenvalue weighted by atomic mass is 10.1. The van der Waals surface area contributed by atoms with Crippen LogP contribution in [-0.2, 0) is 17.1 Å². The summed E-state index contributed by atoms with van der Waals surface area (Å²) in [5.41, 5.74) is 1.57. The minimum atomic E-state index is -3.20. The molecule has 0 spiro atoms. The lowest BCUT2D eigenvalue weighted by molar-refractivity contribution is 0.387. The van der Waals surface area contributed by atoms with Crippen molar-refractivity contribution in [1.82, 2.24) is 34.5 Å². The first kappa shape index (κ1) is 19.7. The third kappa shape index (κ3) is 4.36. The summed E-state index contributed by atoms with van der Waals surface area (Å²) in [5, 5.41) is 12.7. The van der Waals surface area contributed by atoms with Crippen LogP contribution in [0.5, 0.6) is 0 Å². The fourth-order valence-electron chi connectivity index (χ4n) is 3.09. The molecule has 2 aromatic heterocycles. The van der Waals surface area contributed by atoms with E-state index >= 15 is 0 Å². The van der Waals surface area contributed by atoms with Gasteiger partial charge < -0.3 is 4.90 Å². The number of hydrogen-bond donors (Lipinski definition) is 0. The number of aromatic nitrogens is 6. The van der Waals surface area contributed by atoms with Crippen molar-refractivity contribution in [3.05, 3.63) is 35.4 Å². The quantitative estimate of drug-likeness (QED) is 0.599. The molecule has 10 nitrogen and oxygen atoms in total. The van der Waals surface area contributed by atoms with Gasteiger partial charge in [-0.25, -0.2) is 18.4 Å². The number of sulfonamides is 1. The Hall–Kier alpha value is -2.63. The van der Waals surface area contributed by atoms with Crippen LogP contribution in [0, 0.1) is 0 Å². The van der Waals surface area contributed by atoms with E-state index in [-0.39, 0.29) is 0 Å². The van der Waals surface area contributed by atoms with E-state index in [4.69, 9.17) is 11.6 Å². The number of nitrogens with zero attached hydrogens (tertiary/aromatic N) is 8. The molecule has 1 aliphatic heterocycles. The summed E-state index contributed by atoms with van der Waals surface area (Å²) < 4.78 is 25.0. The summed E-state index contributed by atoms with van der Waals surface area (Å²) in [6, 6.07) is 9.22. The van der Waals surface area contributed by atoms with Gasteiger partial charge in [0, 0.05) is 42.8 Å². The van der Waals surface area contributed by atoms with Crippen LogP contribution in [0.3, 0.4) is 0 Å². The Bertz CT molecular complexity index is 1120. The highest BCUT2D eigenvalue weighted by Gasteiger charge is 2.25. The maximum Gasteiger partial charge on any atom is 0.242 e. The smallest absolute Gasteiger partial charge is 0.242 e. The van der Waals surface area contributed by atoms with Crippen molar-refractivity contribution in [2.24, 2.45) is 7.05 Å². The molecule has 4 rings (SSSR count). The zero-order valence-electron chi connectivity index (χ0n) is 15.9. The summed E-state index contributed by atoms with van der Waals surface area (Å²) in [7, 11) is -1.53. The average Bonchev–Trinajstić information content (AvgIpc) is 3.14. The van der Waals surface area contributed by atoms with E-state index in [2.05, 4.69) is 25.4 Å². The first-order chi connectivity index (χ1) is 13.8. The minimum absolute atomic E-state index is 0.319. The molecule has 0 amide bonds. The Kier molecular flexibility index (Phi) is 5.19. The molecule has 3 aromatic rings. The largest absolute Gasteiger partial charge is 0.354 e. The summed E-state index contributed by atoms with van der Waals surface area (Å²) in [5.74, 6) is 1.35. The van der Waals surface area contributed by atoms with Gasteiger partial charge in [0.1, 0.15) is 5.82 Å². The fraction of sp³-hybridized carbons (Fsp3) is 0.353. The number of benzene rings is 1. The second kappa shape index (κ2) is 7.65. The second-order valence-electron chi connectivity index (χ2n) is 6.69. The summed E-state index contributed by atoms with van der Waals surface area (Å²) in [6.07, 6.45) is 1.23. The standard InChI is InChI=1S/C17H19ClN8O2S/c1-24-22-17(21-23-24)16-19-14(12-3-5-13(18)6-4-12)11-15(20-16)25-7-9-26(10-8-25)29(2,27)28/h3-6,11H,7-10H2,1-2H3. The van der Waals surface area contributed by atoms with Crippen LogP contribution in [0.4, 0.5) is 5.82 Å². The van der Waals surface area contributed by atoms with Gasteiger partial charge in [0.25, 0.3) is 0 Å². The third-order valence-corrected chi connectivity index (χ3v) is 6.15. The van der Waals surface area contributed by atoms with Crippen molar-refractivity contribution in [1.29, 1.82) is 0 Å². The molecule has 0 N–H and O–H groups in total. The molecule has 0 atom stereocenters. The van der Waals surface area contributed by atoms with Gasteiger partial charge in [-0.1, -0.05) is 23.7 Å². The van der Waals surface area contributed by atoms with E-state index in [1.807, 2.05) is 23.1 Å². The molecule has 29 heavy (non-hydrogen) atoms. The first-order valence-corrected chi connectivity index (χ1v) is 11.1. The lowest BCUT2D eigenvalue weighted by Gasteiger charge is -2.34. The molecule has 1 aromatic carbocycles. The number of aryl methyl sites for hydroxylation is 1. The molecule has 1 aliphatic rings. The van der Waals surface area contributed by atoms with E-state index in [0.717, 1.165) is 5.56 Å². The molecule has 0 radical (unpaired) electrons. The highest BCUT2D eigenvalue weighted by molar-refractivity contribution is 7.88. The van der Waals surface area contributed by atoms with Gasteiger partial charge in [-0.2, -0.15) is 9.10 Å². The Morgan fingerprint density at radius 1 is 1.00 bits per heavy atom. The number of halogens is 1. The van der Waals surface area contributed by atoms with Gasteiger partial charge in [0.15, 0.2) is 0 Å². The zero-order chi connectivity index (χ0) is 20.6. The Morgan fingerprint density at radius 3 is 2.28 bits per heavy atom. The predicted molar refractivity (Wildman–Crippen MR) is 109 cm³/mol. The Labute approximate surface area is 173 Å². The van der Waals surface area contributed by atoms with Crippen LogP contribution in [0.25, 0.3) is 22.9 Å². The molecule has 3 heterocycles. The number of rotatable bonds is 4. The van der Waals surface area contributed by atoms with Crippen molar-refractivity contribution < 1.29 is 8.42 Å². The third-order valence-electron chi connectivity index (χ3n) is 4.59. The van der Waals surface area contributed by atoms with Crippen molar-refractivity contribution in [2.45, 2.75) is 0 Å². The topological polar surface area (TPSA) is 110 Å². The molecule has 0 aliphatic carbocycles. The lowest BCUT2D eigenvalue weighted by Crippen LogP contribution is -2.48. The maximum absolute atomic E-state index is 11.8. The number of tetrazole rings is 1. The van der Waals surface area contributed by atoms with E-state index in [9.17, 15) is 8.42 Å². The molecule has 0 saturated carbocycles. The first-order valence-electron chi connectivity index (χ1n) is 8.89. The highest BCUT2D eigenvalue weighted by Crippen LogP contribution is 2.26. The van der Waals surface area contributed by atoms with E-state index in [1.165, 1.54) is 15.4 Å². The monoisotopic (exact) mass is 434 g/mol. The molecule has 0 unspecified atom stereocenters. The summed E-state index contributed by atoms with van der Waals surface area (Å²) in [6.45, 7) is 1.85. The molecule has 12 heteroatoms. The number of hydrogen-bond acceptors (Lipinski definition) is 8. The molecule has 1 fully saturated rings. The highest BCUT2D eigenvalue weighted by atomic mass is 35.5. The molecule has 152 valence electrons. The van der Waals surface area contributed by atoms with Gasteiger partial charge in [0.2, 0.25) is 21.7 Å². The number of anilines is 1.